The van der Waals surface area contributed by atoms with Gasteiger partial charge in [0.25, 0.3) is 0 Å². The summed E-state index contributed by atoms with van der Waals surface area (Å²) in [6, 6.07) is 0. The predicted molar refractivity (Wildman–Crippen MR) is 44.6 cm³/mol. The van der Waals surface area contributed by atoms with Crippen molar-refractivity contribution in [3.63, 3.8) is 0 Å². The van der Waals surface area contributed by atoms with Crippen LogP contribution in [0, 0.1) is 5.92 Å². The van der Waals surface area contributed by atoms with E-state index in [0.29, 0.717) is 0 Å². The van der Waals surface area contributed by atoms with E-state index in [-0.39, 0.29) is 0 Å². The molecule has 0 unspecified atom stereocenters. The van der Waals surface area contributed by atoms with Crippen molar-refractivity contribution in [1.82, 2.24) is 0 Å². The molecule has 1 heteroatoms. The second kappa shape index (κ2) is 4.10. The monoisotopic (exact) mass is 188 g/mol. The standard InChI is InChI=1S/C8H13Br/c9-7-6-8-4-2-1-3-5-8/h6-8H,1-5H2. The first kappa shape index (κ1) is 7.33. The highest BCUT2D eigenvalue weighted by molar-refractivity contribution is 9.11. The Morgan fingerprint density at radius 3 is 2.33 bits per heavy atom. The molecule has 0 atom stereocenters. The Labute approximate surface area is 65.5 Å². The smallest absolute Gasteiger partial charge is 0.0225 e. The molecule has 9 heavy (non-hydrogen) atoms. The van der Waals surface area contributed by atoms with Crippen molar-refractivity contribution >= 4 is 15.9 Å². The van der Waals surface area contributed by atoms with Crippen LogP contribution in [0.2, 0.25) is 0 Å². The molecule has 52 valence electrons. The number of allylic oxidation sites excluding steroid dienone is 1. The minimum Gasteiger partial charge on any atom is -0.0745 e. The summed E-state index contributed by atoms with van der Waals surface area (Å²) in [4.78, 5) is 2.00. The molecule has 0 aromatic carbocycles. The van der Waals surface area contributed by atoms with Gasteiger partial charge in [0.05, 0.1) is 0 Å². The molecule has 0 bridgehead atoms. The summed E-state index contributed by atoms with van der Waals surface area (Å²) in [5.41, 5.74) is 0. The van der Waals surface area contributed by atoms with Crippen molar-refractivity contribution in [1.29, 1.82) is 0 Å². The molecule has 1 aliphatic rings. The van der Waals surface area contributed by atoms with E-state index in [1.165, 1.54) is 32.1 Å². The van der Waals surface area contributed by atoms with E-state index in [1.807, 2.05) is 4.99 Å². The highest BCUT2D eigenvalue weighted by Gasteiger charge is 2.08. The molecule has 0 amide bonds. The molecule has 0 N–H and O–H groups in total. The van der Waals surface area contributed by atoms with Gasteiger partial charge in [0, 0.05) is 0 Å². The summed E-state index contributed by atoms with van der Waals surface area (Å²) in [6.07, 6.45) is 9.40. The predicted octanol–water partition coefficient (Wildman–Crippen LogP) is 3.48. The van der Waals surface area contributed by atoms with Crippen LogP contribution in [0.4, 0.5) is 0 Å². The SMILES string of the molecule is BrC=CC1CCCCC1. The average Bonchev–Trinajstić information content (AvgIpc) is 1.91. The lowest BCUT2D eigenvalue weighted by atomic mass is 9.90. The van der Waals surface area contributed by atoms with Crippen LogP contribution in [-0.4, -0.2) is 0 Å². The van der Waals surface area contributed by atoms with Crippen LogP contribution < -0.4 is 0 Å². The molecule has 1 aliphatic carbocycles. The van der Waals surface area contributed by atoms with Crippen LogP contribution in [0.1, 0.15) is 32.1 Å². The van der Waals surface area contributed by atoms with Gasteiger partial charge in [-0.2, -0.15) is 0 Å². The Bertz CT molecular complexity index is 90.7. The lowest BCUT2D eigenvalue weighted by Gasteiger charge is -2.16. The molecular formula is C8H13Br. The molecule has 0 aromatic heterocycles. The van der Waals surface area contributed by atoms with E-state index >= 15 is 0 Å². The van der Waals surface area contributed by atoms with Crippen molar-refractivity contribution in [2.45, 2.75) is 32.1 Å². The van der Waals surface area contributed by atoms with Gasteiger partial charge in [-0.25, -0.2) is 0 Å². The van der Waals surface area contributed by atoms with E-state index in [2.05, 4.69) is 22.0 Å². The van der Waals surface area contributed by atoms with E-state index < -0.39 is 0 Å². The molecule has 0 nitrogen and oxygen atoms in total. The third kappa shape index (κ3) is 2.53. The quantitative estimate of drug-likeness (QED) is 0.592. The topological polar surface area (TPSA) is 0 Å². The van der Waals surface area contributed by atoms with Crippen LogP contribution in [0.25, 0.3) is 0 Å². The first-order valence-electron chi connectivity index (χ1n) is 3.70. The van der Waals surface area contributed by atoms with Crippen molar-refractivity contribution in [2.24, 2.45) is 5.92 Å². The van der Waals surface area contributed by atoms with Crippen molar-refractivity contribution in [2.75, 3.05) is 0 Å². The lowest BCUT2D eigenvalue weighted by molar-refractivity contribution is 0.420. The summed E-state index contributed by atoms with van der Waals surface area (Å²) in [7, 11) is 0. The molecular weight excluding hydrogens is 176 g/mol. The average molecular weight is 189 g/mol. The van der Waals surface area contributed by atoms with Gasteiger partial charge in [0.15, 0.2) is 0 Å². The molecule has 0 aromatic rings. The maximum absolute atomic E-state index is 3.30. The number of hydrogen-bond donors (Lipinski definition) is 0. The first-order valence-corrected chi connectivity index (χ1v) is 4.62. The highest BCUT2D eigenvalue weighted by atomic mass is 79.9. The van der Waals surface area contributed by atoms with Crippen molar-refractivity contribution in [3.05, 3.63) is 11.1 Å². The minimum atomic E-state index is 0.873. The Morgan fingerprint density at radius 2 is 1.78 bits per heavy atom. The molecule has 0 spiro atoms. The number of rotatable bonds is 1. The van der Waals surface area contributed by atoms with E-state index in [9.17, 15) is 0 Å². The highest BCUT2D eigenvalue weighted by Crippen LogP contribution is 2.24. The van der Waals surface area contributed by atoms with Crippen molar-refractivity contribution in [3.8, 4) is 0 Å². The number of hydrogen-bond acceptors (Lipinski definition) is 0. The van der Waals surface area contributed by atoms with Crippen molar-refractivity contribution < 1.29 is 0 Å². The van der Waals surface area contributed by atoms with Gasteiger partial charge >= 0.3 is 0 Å². The third-order valence-corrected chi connectivity index (χ3v) is 2.30. The van der Waals surface area contributed by atoms with Crippen LogP contribution in [0.5, 0.6) is 0 Å². The van der Waals surface area contributed by atoms with Crippen LogP contribution in [0.15, 0.2) is 11.1 Å². The van der Waals surface area contributed by atoms with Crippen LogP contribution >= 0.6 is 15.9 Å². The zero-order valence-electron chi connectivity index (χ0n) is 5.65. The fourth-order valence-corrected chi connectivity index (χ4v) is 1.86. The van der Waals surface area contributed by atoms with E-state index in [1.54, 1.807) is 0 Å². The lowest BCUT2D eigenvalue weighted by Crippen LogP contribution is -2.01. The van der Waals surface area contributed by atoms with E-state index in [0.717, 1.165) is 5.92 Å². The Hall–Kier alpha value is 0.220. The molecule has 0 heterocycles. The third-order valence-electron chi connectivity index (χ3n) is 1.99. The Balaban J connectivity index is 2.23. The Morgan fingerprint density at radius 1 is 1.11 bits per heavy atom. The van der Waals surface area contributed by atoms with Gasteiger partial charge in [-0.05, 0) is 23.7 Å². The largest absolute Gasteiger partial charge is 0.0745 e. The molecule has 0 aliphatic heterocycles. The van der Waals surface area contributed by atoms with Gasteiger partial charge in [-0.3, -0.25) is 0 Å². The van der Waals surface area contributed by atoms with Gasteiger partial charge in [0.2, 0.25) is 0 Å². The second-order valence-corrected chi connectivity index (χ2v) is 3.25. The second-order valence-electron chi connectivity index (χ2n) is 2.72. The summed E-state index contributed by atoms with van der Waals surface area (Å²) < 4.78 is 0. The summed E-state index contributed by atoms with van der Waals surface area (Å²) in [5.74, 6) is 0.873. The first-order chi connectivity index (χ1) is 4.43. The normalized spacial score (nSPS) is 23.2. The summed E-state index contributed by atoms with van der Waals surface area (Å²) in [5, 5.41) is 0. The number of halogens is 1. The zero-order chi connectivity index (χ0) is 6.53. The van der Waals surface area contributed by atoms with Gasteiger partial charge in [-0.1, -0.05) is 41.3 Å². The van der Waals surface area contributed by atoms with Gasteiger partial charge < -0.3 is 0 Å². The fraction of sp³-hybridized carbons (Fsp3) is 0.750. The fourth-order valence-electron chi connectivity index (χ4n) is 1.43. The molecule has 1 rings (SSSR count). The molecule has 1 fully saturated rings. The maximum atomic E-state index is 3.30. The van der Waals surface area contributed by atoms with E-state index in [4.69, 9.17) is 0 Å². The summed E-state index contributed by atoms with van der Waals surface area (Å²) in [6.45, 7) is 0. The minimum absolute atomic E-state index is 0.873. The molecule has 0 saturated heterocycles. The van der Waals surface area contributed by atoms with Gasteiger partial charge in [-0.15, -0.1) is 0 Å². The molecule has 1 saturated carbocycles. The van der Waals surface area contributed by atoms with Crippen LogP contribution in [-0.2, 0) is 0 Å². The van der Waals surface area contributed by atoms with Gasteiger partial charge in [0.1, 0.15) is 0 Å². The Kier molecular flexibility index (Phi) is 3.34. The molecule has 0 radical (unpaired) electrons. The zero-order valence-corrected chi connectivity index (χ0v) is 7.23. The maximum Gasteiger partial charge on any atom is -0.0225 e. The van der Waals surface area contributed by atoms with Crippen LogP contribution in [0.3, 0.4) is 0 Å². The summed E-state index contributed by atoms with van der Waals surface area (Å²) >= 11 is 3.30.